The molecule has 3 unspecified atom stereocenters. The van der Waals surface area contributed by atoms with Gasteiger partial charge in [0.15, 0.2) is 5.96 Å². The molecule has 0 aromatic heterocycles. The molecule has 3 rings (SSSR count). The van der Waals surface area contributed by atoms with Gasteiger partial charge in [-0.2, -0.15) is 0 Å². The lowest BCUT2D eigenvalue weighted by Crippen LogP contribution is -2.47. The molecule has 0 saturated carbocycles. The molecule has 2 fully saturated rings. The molecule has 1 aromatic carbocycles. The van der Waals surface area contributed by atoms with E-state index < -0.39 is 0 Å². The summed E-state index contributed by atoms with van der Waals surface area (Å²) in [6.45, 7) is 3.98. The van der Waals surface area contributed by atoms with Crippen LogP contribution in [0.5, 0.6) is 5.75 Å². The van der Waals surface area contributed by atoms with Gasteiger partial charge >= 0.3 is 0 Å². The second kappa shape index (κ2) is 10.6. The van der Waals surface area contributed by atoms with E-state index in [0.29, 0.717) is 24.9 Å². The third-order valence-electron chi connectivity index (χ3n) is 4.69. The van der Waals surface area contributed by atoms with Gasteiger partial charge < -0.3 is 20.1 Å². The Hall–Kier alpha value is -1.46. The molecule has 26 heavy (non-hydrogen) atoms. The van der Waals surface area contributed by atoms with E-state index in [1.54, 1.807) is 0 Å². The van der Waals surface area contributed by atoms with E-state index in [4.69, 9.17) is 20.9 Å². The molecule has 2 heterocycles. The predicted molar refractivity (Wildman–Crippen MR) is 115 cm³/mol. The van der Waals surface area contributed by atoms with E-state index in [0.717, 1.165) is 44.1 Å². The van der Waals surface area contributed by atoms with Crippen molar-refractivity contribution in [2.75, 3.05) is 19.7 Å². The van der Waals surface area contributed by atoms with E-state index in [1.165, 1.54) is 12.0 Å². The van der Waals surface area contributed by atoms with Gasteiger partial charge in [0.25, 0.3) is 0 Å². The number of terminal acetylenes is 1. The molecular formula is C20H28IN3O2. The lowest BCUT2D eigenvalue weighted by molar-refractivity contribution is 0.0992. The second-order valence-electron chi connectivity index (χ2n) is 6.51. The van der Waals surface area contributed by atoms with Crippen molar-refractivity contribution in [3.8, 4) is 18.1 Å². The fourth-order valence-electron chi connectivity index (χ4n) is 3.46. The summed E-state index contributed by atoms with van der Waals surface area (Å²) in [6.07, 6.45) is 10.3. The lowest BCUT2D eigenvalue weighted by Gasteiger charge is -2.22. The van der Waals surface area contributed by atoms with Crippen LogP contribution in [0.4, 0.5) is 0 Å². The normalized spacial score (nSPS) is 23.8. The first kappa shape index (κ1) is 20.8. The summed E-state index contributed by atoms with van der Waals surface area (Å²) in [7, 11) is 0. The zero-order valence-corrected chi connectivity index (χ0v) is 17.6. The van der Waals surface area contributed by atoms with Crippen molar-refractivity contribution in [1.82, 2.24) is 10.6 Å². The van der Waals surface area contributed by atoms with Gasteiger partial charge in [-0.25, -0.2) is 0 Å². The highest BCUT2D eigenvalue weighted by Crippen LogP contribution is 2.34. The van der Waals surface area contributed by atoms with Crippen molar-refractivity contribution in [1.29, 1.82) is 0 Å². The second-order valence-corrected chi connectivity index (χ2v) is 6.51. The van der Waals surface area contributed by atoms with Crippen LogP contribution in [-0.4, -0.2) is 43.9 Å². The first-order chi connectivity index (χ1) is 12.3. The van der Waals surface area contributed by atoms with Crippen LogP contribution in [0.2, 0.25) is 0 Å². The van der Waals surface area contributed by atoms with Gasteiger partial charge in [0.05, 0.1) is 18.2 Å². The molecule has 2 aliphatic heterocycles. The Morgan fingerprint density at radius 1 is 1.35 bits per heavy atom. The topological polar surface area (TPSA) is 54.9 Å². The van der Waals surface area contributed by atoms with Crippen LogP contribution < -0.4 is 15.4 Å². The maximum absolute atomic E-state index is 5.91. The summed E-state index contributed by atoms with van der Waals surface area (Å²) in [6, 6.07) is 8.42. The van der Waals surface area contributed by atoms with E-state index in [-0.39, 0.29) is 24.0 Å². The van der Waals surface area contributed by atoms with E-state index in [2.05, 4.69) is 35.6 Å². The van der Waals surface area contributed by atoms with Gasteiger partial charge in [-0.3, -0.25) is 4.99 Å². The molecule has 0 spiro atoms. The molecule has 142 valence electrons. The number of hydrogen-bond donors (Lipinski definition) is 2. The first-order valence-corrected chi connectivity index (χ1v) is 9.14. The smallest absolute Gasteiger partial charge is 0.191 e. The monoisotopic (exact) mass is 469 g/mol. The molecule has 3 atom stereocenters. The summed E-state index contributed by atoms with van der Waals surface area (Å²) >= 11 is 0. The maximum Gasteiger partial charge on any atom is 0.191 e. The van der Waals surface area contributed by atoms with Crippen molar-refractivity contribution in [3.05, 3.63) is 29.8 Å². The molecule has 2 N–H and O–H groups in total. The van der Waals surface area contributed by atoms with Crippen LogP contribution in [-0.2, 0) is 11.2 Å². The number of guanidine groups is 1. The van der Waals surface area contributed by atoms with Crippen LogP contribution in [0.3, 0.4) is 0 Å². The standard InChI is InChI=1S/C20H27N3O2.HI/c1-3-13-24-16-7-5-15(6-8-16)11-12-22-20(21-4-2)23-18-14-17-9-10-19(18)25-17;/h1,5-8,17-19H,4,9-14H2,2H3,(H2,21,22,23);1H. The lowest BCUT2D eigenvalue weighted by atomic mass is 9.96. The molecule has 0 aliphatic carbocycles. The minimum Gasteiger partial charge on any atom is -0.481 e. The number of aliphatic imine (C=N–C) groups is 1. The molecule has 2 saturated heterocycles. The SMILES string of the molecule is C#CCOc1ccc(CCN=C(NCC)NC2CC3CCC2O3)cc1.I. The summed E-state index contributed by atoms with van der Waals surface area (Å²) < 4.78 is 11.3. The Morgan fingerprint density at radius 3 is 2.77 bits per heavy atom. The number of fused-ring (bicyclic) bond motifs is 2. The maximum atomic E-state index is 5.91. The molecule has 0 amide bonds. The number of nitrogens with zero attached hydrogens (tertiary/aromatic N) is 1. The Morgan fingerprint density at radius 2 is 2.15 bits per heavy atom. The summed E-state index contributed by atoms with van der Waals surface area (Å²) in [5.41, 5.74) is 1.23. The number of nitrogens with one attached hydrogen (secondary N) is 2. The molecule has 0 radical (unpaired) electrons. The van der Waals surface area contributed by atoms with E-state index >= 15 is 0 Å². The summed E-state index contributed by atoms with van der Waals surface area (Å²) in [5.74, 6) is 4.16. The highest BCUT2D eigenvalue weighted by atomic mass is 127. The number of rotatable bonds is 7. The quantitative estimate of drug-likeness (QED) is 0.279. The van der Waals surface area contributed by atoms with Crippen LogP contribution in [0.25, 0.3) is 0 Å². The van der Waals surface area contributed by atoms with Crippen molar-refractivity contribution in [3.63, 3.8) is 0 Å². The fourth-order valence-corrected chi connectivity index (χ4v) is 3.46. The van der Waals surface area contributed by atoms with Crippen molar-refractivity contribution in [2.45, 2.75) is 50.9 Å². The third-order valence-corrected chi connectivity index (χ3v) is 4.69. The largest absolute Gasteiger partial charge is 0.481 e. The Bertz CT molecular complexity index is 627. The molecular weight excluding hydrogens is 441 g/mol. The summed E-state index contributed by atoms with van der Waals surface area (Å²) in [4.78, 5) is 4.71. The van der Waals surface area contributed by atoms with Crippen LogP contribution in [0.1, 0.15) is 31.7 Å². The Kier molecular flexibility index (Phi) is 8.52. The number of hydrogen-bond acceptors (Lipinski definition) is 3. The minimum absolute atomic E-state index is 0. The molecule has 2 bridgehead atoms. The minimum atomic E-state index is 0. The third kappa shape index (κ3) is 5.78. The number of benzene rings is 1. The average molecular weight is 469 g/mol. The van der Waals surface area contributed by atoms with Gasteiger partial charge in [-0.1, -0.05) is 18.1 Å². The molecule has 2 aliphatic rings. The molecule has 6 heteroatoms. The van der Waals surface area contributed by atoms with Crippen LogP contribution in [0, 0.1) is 12.3 Å². The summed E-state index contributed by atoms with van der Waals surface area (Å²) in [5, 5.41) is 6.87. The first-order valence-electron chi connectivity index (χ1n) is 9.14. The van der Waals surface area contributed by atoms with Crippen LogP contribution >= 0.6 is 24.0 Å². The van der Waals surface area contributed by atoms with Gasteiger partial charge in [0.2, 0.25) is 0 Å². The highest BCUT2D eigenvalue weighted by Gasteiger charge is 2.41. The zero-order valence-electron chi connectivity index (χ0n) is 15.2. The van der Waals surface area contributed by atoms with E-state index in [9.17, 15) is 0 Å². The zero-order chi connectivity index (χ0) is 17.5. The van der Waals surface area contributed by atoms with Gasteiger partial charge in [0, 0.05) is 13.1 Å². The number of ether oxygens (including phenoxy) is 2. The Labute approximate surface area is 173 Å². The predicted octanol–water partition coefficient (Wildman–Crippen LogP) is 2.73. The number of halogens is 1. The van der Waals surface area contributed by atoms with Crippen molar-refractivity contribution >= 4 is 29.9 Å². The van der Waals surface area contributed by atoms with Gasteiger partial charge in [-0.15, -0.1) is 30.4 Å². The molecule has 5 nitrogen and oxygen atoms in total. The van der Waals surface area contributed by atoms with Crippen molar-refractivity contribution < 1.29 is 9.47 Å². The van der Waals surface area contributed by atoms with Gasteiger partial charge in [-0.05, 0) is 50.3 Å². The van der Waals surface area contributed by atoms with Crippen molar-refractivity contribution in [2.24, 2.45) is 4.99 Å². The van der Waals surface area contributed by atoms with E-state index in [1.807, 2.05) is 12.1 Å². The fraction of sp³-hybridized carbons (Fsp3) is 0.550. The average Bonchev–Trinajstić information content (AvgIpc) is 3.24. The highest BCUT2D eigenvalue weighted by molar-refractivity contribution is 14.0. The van der Waals surface area contributed by atoms with Crippen LogP contribution in [0.15, 0.2) is 29.3 Å². The molecule has 1 aromatic rings. The van der Waals surface area contributed by atoms with Gasteiger partial charge in [0.1, 0.15) is 12.4 Å². The Balaban J connectivity index is 0.00000243.